The number of nitrogens with one attached hydrogen (secondary N) is 1. The summed E-state index contributed by atoms with van der Waals surface area (Å²) in [6, 6.07) is 10.0. The van der Waals surface area contributed by atoms with Crippen LogP contribution in [0, 0.1) is 6.92 Å². The van der Waals surface area contributed by atoms with E-state index in [4.69, 9.17) is 5.73 Å². The molecule has 0 bridgehead atoms. The number of benzene rings is 1. The maximum atomic E-state index is 5.67. The van der Waals surface area contributed by atoms with Gasteiger partial charge in [0, 0.05) is 23.9 Å². The molecule has 0 amide bonds. The number of nitrogen functional groups attached to an aromatic ring is 1. The molecule has 1 aromatic carbocycles. The van der Waals surface area contributed by atoms with Gasteiger partial charge >= 0.3 is 0 Å². The SMILES string of the molecule is Cc1cc2nnc(CCCc3ccc(N)cc3)n2[nH]1. The first-order valence-corrected chi connectivity index (χ1v) is 6.46. The molecule has 3 rings (SSSR count). The molecular weight excluding hydrogens is 238 g/mol. The van der Waals surface area contributed by atoms with Crippen molar-refractivity contribution >= 4 is 11.3 Å². The molecule has 3 aromatic rings. The lowest BCUT2D eigenvalue weighted by atomic mass is 10.1. The van der Waals surface area contributed by atoms with Crippen LogP contribution in [0.15, 0.2) is 30.3 Å². The standard InChI is InChI=1S/C14H17N5/c1-10-9-14-17-16-13(19(14)18-10)4-2-3-11-5-7-12(15)8-6-11/h5-9,18H,2-4,15H2,1H3. The number of hydrogen-bond acceptors (Lipinski definition) is 3. The Bertz CT molecular complexity index is 677. The van der Waals surface area contributed by atoms with Gasteiger partial charge in [0.2, 0.25) is 0 Å². The van der Waals surface area contributed by atoms with Crippen LogP contribution in [0.2, 0.25) is 0 Å². The first-order chi connectivity index (χ1) is 9.22. The summed E-state index contributed by atoms with van der Waals surface area (Å²) in [4.78, 5) is 0. The van der Waals surface area contributed by atoms with Gasteiger partial charge in [-0.3, -0.25) is 5.10 Å². The zero-order valence-electron chi connectivity index (χ0n) is 10.9. The van der Waals surface area contributed by atoms with Gasteiger partial charge in [0.25, 0.3) is 0 Å². The predicted molar refractivity (Wildman–Crippen MR) is 75.0 cm³/mol. The Hall–Kier alpha value is -2.30. The van der Waals surface area contributed by atoms with Crippen molar-refractivity contribution < 1.29 is 0 Å². The highest BCUT2D eigenvalue weighted by atomic mass is 15.4. The number of rotatable bonds is 4. The van der Waals surface area contributed by atoms with Gasteiger partial charge in [-0.1, -0.05) is 12.1 Å². The van der Waals surface area contributed by atoms with Gasteiger partial charge in [-0.2, -0.15) is 0 Å². The van der Waals surface area contributed by atoms with Crippen LogP contribution in [0.5, 0.6) is 0 Å². The Kier molecular flexibility index (Phi) is 2.95. The maximum absolute atomic E-state index is 5.67. The number of nitrogens with two attached hydrogens (primary N) is 1. The van der Waals surface area contributed by atoms with Crippen LogP contribution in [-0.2, 0) is 12.8 Å². The molecule has 2 heterocycles. The second-order valence-corrected chi connectivity index (χ2v) is 4.84. The van der Waals surface area contributed by atoms with E-state index in [9.17, 15) is 0 Å². The minimum absolute atomic E-state index is 0.810. The summed E-state index contributed by atoms with van der Waals surface area (Å²) in [7, 11) is 0. The number of aromatic nitrogens is 4. The molecule has 0 radical (unpaired) electrons. The molecule has 5 heteroatoms. The second kappa shape index (κ2) is 4.76. The van der Waals surface area contributed by atoms with Gasteiger partial charge in [-0.15, -0.1) is 10.2 Å². The van der Waals surface area contributed by atoms with E-state index in [1.54, 1.807) is 0 Å². The summed E-state index contributed by atoms with van der Waals surface area (Å²) < 4.78 is 1.96. The lowest BCUT2D eigenvalue weighted by Gasteiger charge is -2.01. The van der Waals surface area contributed by atoms with Gasteiger partial charge in [0.1, 0.15) is 0 Å². The van der Waals surface area contributed by atoms with Gasteiger partial charge in [-0.05, 0) is 37.5 Å². The lowest BCUT2D eigenvalue weighted by Crippen LogP contribution is -1.98. The number of nitrogens with zero attached hydrogens (tertiary/aromatic N) is 3. The van der Waals surface area contributed by atoms with Crippen LogP contribution in [0.4, 0.5) is 5.69 Å². The monoisotopic (exact) mass is 255 g/mol. The fourth-order valence-electron chi connectivity index (χ4n) is 2.24. The van der Waals surface area contributed by atoms with Gasteiger partial charge in [-0.25, -0.2) is 4.52 Å². The number of fused-ring (bicyclic) bond motifs is 1. The Balaban J connectivity index is 1.64. The summed E-state index contributed by atoms with van der Waals surface area (Å²) in [5.74, 6) is 0.985. The third kappa shape index (κ3) is 2.45. The summed E-state index contributed by atoms with van der Waals surface area (Å²) in [5, 5.41) is 11.6. The van der Waals surface area contributed by atoms with Gasteiger partial charge in [0.05, 0.1) is 0 Å². The topological polar surface area (TPSA) is 72.0 Å². The highest BCUT2D eigenvalue weighted by Gasteiger charge is 2.07. The first kappa shape index (κ1) is 11.8. The molecule has 0 aliphatic rings. The van der Waals surface area contributed by atoms with Crippen molar-refractivity contribution in [2.24, 2.45) is 0 Å². The smallest absolute Gasteiger partial charge is 0.177 e. The first-order valence-electron chi connectivity index (χ1n) is 6.46. The molecule has 2 aromatic heterocycles. The third-order valence-corrected chi connectivity index (χ3v) is 3.23. The van der Waals surface area contributed by atoms with Crippen molar-refractivity contribution in [3.05, 3.63) is 47.4 Å². The largest absolute Gasteiger partial charge is 0.399 e. The molecule has 0 saturated heterocycles. The van der Waals surface area contributed by atoms with Crippen molar-refractivity contribution in [1.29, 1.82) is 0 Å². The van der Waals surface area contributed by atoms with Gasteiger partial charge in [0.15, 0.2) is 11.5 Å². The maximum Gasteiger partial charge on any atom is 0.177 e. The number of hydrogen-bond donors (Lipinski definition) is 2. The van der Waals surface area contributed by atoms with E-state index in [0.29, 0.717) is 0 Å². The quantitative estimate of drug-likeness (QED) is 0.701. The summed E-state index contributed by atoms with van der Waals surface area (Å²) in [5.41, 5.74) is 9.78. The molecule has 0 spiro atoms. The third-order valence-electron chi connectivity index (χ3n) is 3.23. The van der Waals surface area contributed by atoms with Crippen LogP contribution < -0.4 is 5.73 Å². The molecule has 0 atom stereocenters. The summed E-state index contributed by atoms with van der Waals surface area (Å²) in [6.07, 6.45) is 2.98. The Morgan fingerprint density at radius 2 is 1.95 bits per heavy atom. The Labute approximate surface area is 111 Å². The molecule has 0 aliphatic heterocycles. The fourth-order valence-corrected chi connectivity index (χ4v) is 2.24. The van der Waals surface area contributed by atoms with E-state index >= 15 is 0 Å². The highest BCUT2D eigenvalue weighted by Crippen LogP contribution is 2.11. The molecule has 0 fully saturated rings. The van der Waals surface area contributed by atoms with E-state index in [2.05, 4.69) is 27.4 Å². The van der Waals surface area contributed by atoms with Crippen molar-refractivity contribution in [3.8, 4) is 0 Å². The zero-order valence-corrected chi connectivity index (χ0v) is 10.9. The zero-order chi connectivity index (χ0) is 13.2. The van der Waals surface area contributed by atoms with Crippen LogP contribution >= 0.6 is 0 Å². The van der Waals surface area contributed by atoms with Crippen LogP contribution in [0.25, 0.3) is 5.65 Å². The van der Waals surface area contributed by atoms with Crippen LogP contribution in [0.1, 0.15) is 23.5 Å². The number of anilines is 1. The van der Waals surface area contributed by atoms with Crippen molar-refractivity contribution in [2.75, 3.05) is 5.73 Å². The molecule has 0 unspecified atom stereocenters. The Morgan fingerprint density at radius 3 is 2.74 bits per heavy atom. The van der Waals surface area contributed by atoms with Gasteiger partial charge < -0.3 is 5.73 Å². The van der Waals surface area contributed by atoms with Crippen molar-refractivity contribution in [2.45, 2.75) is 26.2 Å². The molecular formula is C14H17N5. The van der Waals surface area contributed by atoms with Crippen LogP contribution in [0.3, 0.4) is 0 Å². The fraction of sp³-hybridized carbons (Fsp3) is 0.286. The van der Waals surface area contributed by atoms with E-state index in [1.807, 2.05) is 29.6 Å². The number of aromatic amines is 1. The van der Waals surface area contributed by atoms with Crippen molar-refractivity contribution in [1.82, 2.24) is 19.8 Å². The highest BCUT2D eigenvalue weighted by molar-refractivity contribution is 5.39. The van der Waals surface area contributed by atoms with Crippen molar-refractivity contribution in [3.63, 3.8) is 0 Å². The van der Waals surface area contributed by atoms with E-state index in [-0.39, 0.29) is 0 Å². The van der Waals surface area contributed by atoms with E-state index in [0.717, 1.165) is 42.1 Å². The summed E-state index contributed by atoms with van der Waals surface area (Å²) in [6.45, 7) is 2.02. The molecule has 3 N–H and O–H groups in total. The lowest BCUT2D eigenvalue weighted by molar-refractivity contribution is 0.732. The number of H-pyrrole nitrogens is 1. The average molecular weight is 255 g/mol. The molecule has 0 saturated carbocycles. The summed E-state index contributed by atoms with van der Waals surface area (Å²) >= 11 is 0. The number of aryl methyl sites for hydroxylation is 3. The molecule has 5 nitrogen and oxygen atoms in total. The second-order valence-electron chi connectivity index (χ2n) is 4.84. The molecule has 19 heavy (non-hydrogen) atoms. The average Bonchev–Trinajstić information content (AvgIpc) is 2.92. The van der Waals surface area contributed by atoms with E-state index in [1.165, 1.54) is 5.56 Å². The molecule has 98 valence electrons. The minimum Gasteiger partial charge on any atom is -0.399 e. The van der Waals surface area contributed by atoms with Crippen LogP contribution in [-0.4, -0.2) is 19.8 Å². The molecule has 0 aliphatic carbocycles. The predicted octanol–water partition coefficient (Wildman–Crippen LogP) is 2.12. The van der Waals surface area contributed by atoms with E-state index < -0.39 is 0 Å². The normalized spacial score (nSPS) is 11.2. The minimum atomic E-state index is 0.810. The Morgan fingerprint density at radius 1 is 1.16 bits per heavy atom.